The molecule has 0 saturated carbocycles. The molecule has 0 radical (unpaired) electrons. The molecule has 0 saturated heterocycles. The van der Waals surface area contributed by atoms with Crippen LogP contribution in [-0.4, -0.2) is 35.3 Å². The van der Waals surface area contributed by atoms with E-state index in [1.165, 1.54) is 0 Å². The topological polar surface area (TPSA) is 17.1 Å². The number of carbonyl (C=O) groups is 1. The minimum absolute atomic E-state index is 0.440. The maximum Gasteiger partial charge on any atom is 0.290 e. The van der Waals surface area contributed by atoms with E-state index in [0.29, 0.717) is 11.8 Å². The number of alkyl halides is 7. The van der Waals surface area contributed by atoms with Crippen molar-refractivity contribution in [3.8, 4) is 0 Å². The third kappa shape index (κ3) is 6.46. The van der Waals surface area contributed by atoms with Crippen LogP contribution < -0.4 is 0 Å². The molecule has 0 amide bonds. The molecule has 108 valence electrons. The summed E-state index contributed by atoms with van der Waals surface area (Å²) >= 11 is 0.493. The van der Waals surface area contributed by atoms with Gasteiger partial charge in [-0.2, -0.15) is 0 Å². The van der Waals surface area contributed by atoms with Crippen molar-refractivity contribution in [2.45, 2.75) is 44.2 Å². The number of halogens is 7. The highest BCUT2D eigenvalue weighted by molar-refractivity contribution is 8.13. The number of hydrogen-bond acceptors (Lipinski definition) is 2. The smallest absolute Gasteiger partial charge is 0.288 e. The van der Waals surface area contributed by atoms with Gasteiger partial charge in [-0.05, 0) is 0 Å². The minimum atomic E-state index is -4.81. The van der Waals surface area contributed by atoms with Crippen molar-refractivity contribution in [1.82, 2.24) is 0 Å². The average Bonchev–Trinajstić information content (AvgIpc) is 2.13. The van der Waals surface area contributed by atoms with E-state index >= 15 is 0 Å². The maximum atomic E-state index is 13.0. The predicted octanol–water partition coefficient (Wildman–Crippen LogP) is 3.92. The van der Waals surface area contributed by atoms with Gasteiger partial charge in [0.15, 0.2) is 5.12 Å². The van der Waals surface area contributed by atoms with Crippen LogP contribution in [-0.2, 0) is 4.79 Å². The fourth-order valence-corrected chi connectivity index (χ4v) is 1.75. The third-order valence-electron chi connectivity index (χ3n) is 1.89. The van der Waals surface area contributed by atoms with Gasteiger partial charge in [-0.3, -0.25) is 4.79 Å². The molecule has 0 aromatic rings. The molecule has 1 nitrogen and oxygen atoms in total. The first-order chi connectivity index (χ1) is 7.98. The molecule has 0 fully saturated rings. The summed E-state index contributed by atoms with van der Waals surface area (Å²) in [5.41, 5.74) is 0. The minimum Gasteiger partial charge on any atom is -0.288 e. The Bertz CT molecular complexity index is 282. The number of rotatable bonds is 7. The van der Waals surface area contributed by atoms with E-state index in [0.717, 1.165) is 6.92 Å². The van der Waals surface area contributed by atoms with Crippen molar-refractivity contribution in [3.05, 3.63) is 0 Å². The second-order valence-electron chi connectivity index (χ2n) is 3.62. The molecule has 0 aliphatic rings. The molecule has 0 heterocycles. The summed E-state index contributed by atoms with van der Waals surface area (Å²) < 4.78 is 87.2. The fraction of sp³-hybridized carbons (Fsp3) is 0.889. The van der Waals surface area contributed by atoms with Gasteiger partial charge in [0.1, 0.15) is 0 Å². The lowest BCUT2D eigenvalue weighted by atomic mass is 10.0. The van der Waals surface area contributed by atoms with E-state index in [9.17, 15) is 35.5 Å². The molecular formula is C9H11F7OS. The monoisotopic (exact) mass is 300 g/mol. The van der Waals surface area contributed by atoms with Gasteiger partial charge >= 0.3 is 0 Å². The Kier molecular flexibility index (Phi) is 6.45. The average molecular weight is 300 g/mol. The van der Waals surface area contributed by atoms with Gasteiger partial charge in [0, 0.05) is 19.1 Å². The van der Waals surface area contributed by atoms with Crippen molar-refractivity contribution in [2.24, 2.45) is 0 Å². The maximum absolute atomic E-state index is 13.0. The molecule has 0 aromatic carbocycles. The summed E-state index contributed by atoms with van der Waals surface area (Å²) in [5, 5.41) is -0.478. The SMILES string of the molecule is CC(=O)SCCC(F)(F)CC(F)(F)C(F)C(F)F. The van der Waals surface area contributed by atoms with Crippen LogP contribution in [0.4, 0.5) is 30.7 Å². The van der Waals surface area contributed by atoms with Crippen LogP contribution in [0.1, 0.15) is 19.8 Å². The highest BCUT2D eigenvalue weighted by atomic mass is 32.2. The molecule has 1 atom stereocenters. The van der Waals surface area contributed by atoms with E-state index in [1.807, 2.05) is 0 Å². The lowest BCUT2D eigenvalue weighted by Gasteiger charge is -2.25. The zero-order valence-electron chi connectivity index (χ0n) is 9.24. The largest absolute Gasteiger partial charge is 0.290 e. The summed E-state index contributed by atoms with van der Waals surface area (Å²) in [7, 11) is 0. The van der Waals surface area contributed by atoms with Crippen molar-refractivity contribution in [3.63, 3.8) is 0 Å². The molecule has 0 aromatic heterocycles. The first-order valence-corrected chi connectivity index (χ1v) is 5.78. The Morgan fingerprint density at radius 3 is 2.06 bits per heavy atom. The highest BCUT2D eigenvalue weighted by Gasteiger charge is 2.52. The first kappa shape index (κ1) is 17.5. The zero-order valence-corrected chi connectivity index (χ0v) is 10.1. The van der Waals surface area contributed by atoms with Crippen LogP contribution in [0.25, 0.3) is 0 Å². The second-order valence-corrected chi connectivity index (χ2v) is 4.89. The molecule has 0 N–H and O–H groups in total. The van der Waals surface area contributed by atoms with Gasteiger partial charge in [-0.25, -0.2) is 30.7 Å². The Morgan fingerprint density at radius 2 is 1.67 bits per heavy atom. The molecule has 0 bridgehead atoms. The van der Waals surface area contributed by atoms with Crippen molar-refractivity contribution >= 4 is 16.9 Å². The number of thioether (sulfide) groups is 1. The predicted molar refractivity (Wildman–Crippen MR) is 53.2 cm³/mol. The summed E-state index contributed by atoms with van der Waals surface area (Å²) in [6.45, 7) is 1.10. The van der Waals surface area contributed by atoms with E-state index in [1.54, 1.807) is 0 Å². The second kappa shape index (κ2) is 6.63. The van der Waals surface area contributed by atoms with Crippen LogP contribution in [0.2, 0.25) is 0 Å². The molecule has 18 heavy (non-hydrogen) atoms. The number of hydrogen-bond donors (Lipinski definition) is 0. The van der Waals surface area contributed by atoms with Crippen LogP contribution in [0.3, 0.4) is 0 Å². The van der Waals surface area contributed by atoms with Gasteiger partial charge in [0.25, 0.3) is 18.3 Å². The summed E-state index contributed by atoms with van der Waals surface area (Å²) in [4.78, 5) is 10.4. The Labute approximate surface area is 103 Å². The Morgan fingerprint density at radius 1 is 1.17 bits per heavy atom. The van der Waals surface area contributed by atoms with Crippen LogP contribution in [0.15, 0.2) is 0 Å². The first-order valence-electron chi connectivity index (χ1n) is 4.79. The van der Waals surface area contributed by atoms with Crippen molar-refractivity contribution in [1.29, 1.82) is 0 Å². The zero-order chi connectivity index (χ0) is 14.6. The van der Waals surface area contributed by atoms with Crippen LogP contribution >= 0.6 is 11.8 Å². The Balaban J connectivity index is 4.41. The summed E-state index contributed by atoms with van der Waals surface area (Å²) in [6, 6.07) is 0. The van der Waals surface area contributed by atoms with Gasteiger partial charge in [0.05, 0.1) is 6.42 Å². The van der Waals surface area contributed by atoms with Gasteiger partial charge in [0.2, 0.25) is 6.17 Å². The molecule has 0 spiro atoms. The van der Waals surface area contributed by atoms with Crippen LogP contribution in [0.5, 0.6) is 0 Å². The van der Waals surface area contributed by atoms with E-state index < -0.39 is 48.2 Å². The molecule has 0 rings (SSSR count). The van der Waals surface area contributed by atoms with Crippen LogP contribution in [0, 0.1) is 0 Å². The third-order valence-corrected chi connectivity index (χ3v) is 2.71. The summed E-state index contributed by atoms with van der Waals surface area (Å²) in [5.74, 6) is -9.26. The molecule has 9 heteroatoms. The van der Waals surface area contributed by atoms with Gasteiger partial charge < -0.3 is 0 Å². The lowest BCUT2D eigenvalue weighted by molar-refractivity contribution is -0.174. The highest BCUT2D eigenvalue weighted by Crippen LogP contribution is 2.38. The fourth-order valence-electron chi connectivity index (χ4n) is 1.06. The van der Waals surface area contributed by atoms with Crippen molar-refractivity contribution < 1.29 is 35.5 Å². The molecule has 0 aliphatic heterocycles. The molecule has 1 unspecified atom stereocenters. The lowest BCUT2D eigenvalue weighted by Crippen LogP contribution is -2.41. The summed E-state index contributed by atoms with van der Waals surface area (Å²) in [6.07, 6.45) is -11.4. The van der Waals surface area contributed by atoms with Gasteiger partial charge in [-0.1, -0.05) is 11.8 Å². The van der Waals surface area contributed by atoms with E-state index in [4.69, 9.17) is 0 Å². The van der Waals surface area contributed by atoms with Crippen molar-refractivity contribution in [2.75, 3.05) is 5.75 Å². The molecule has 0 aliphatic carbocycles. The standard InChI is InChI=1S/C9H11F7OS/c1-5(17)18-3-2-8(13,14)4-9(15,16)6(10)7(11)12/h6-7H,2-4H2,1H3. The van der Waals surface area contributed by atoms with Gasteiger partial charge in [-0.15, -0.1) is 0 Å². The quantitative estimate of drug-likeness (QED) is 0.663. The molecular weight excluding hydrogens is 289 g/mol. The van der Waals surface area contributed by atoms with E-state index in [2.05, 4.69) is 0 Å². The Hall–Kier alpha value is -0.470. The normalized spacial score (nSPS) is 14.9. The van der Waals surface area contributed by atoms with E-state index in [-0.39, 0.29) is 0 Å². The number of carbonyl (C=O) groups excluding carboxylic acids is 1.